The summed E-state index contributed by atoms with van der Waals surface area (Å²) in [4.78, 5) is 15.4. The van der Waals surface area contributed by atoms with Crippen LogP contribution in [0.15, 0.2) is 54.1 Å². The number of benzene rings is 2. The van der Waals surface area contributed by atoms with Crippen LogP contribution in [0.25, 0.3) is 17.7 Å². The van der Waals surface area contributed by atoms with Gasteiger partial charge in [0.2, 0.25) is 5.91 Å². The van der Waals surface area contributed by atoms with Crippen molar-refractivity contribution < 1.29 is 4.79 Å². The molecule has 1 aliphatic heterocycles. The highest BCUT2D eigenvalue weighted by molar-refractivity contribution is 5.95. The predicted molar refractivity (Wildman–Crippen MR) is 136 cm³/mol. The summed E-state index contributed by atoms with van der Waals surface area (Å²) in [6.07, 6.45) is 10.7. The van der Waals surface area contributed by atoms with Gasteiger partial charge < -0.3 is 11.1 Å². The highest BCUT2D eigenvalue weighted by Gasteiger charge is 2.36. The fourth-order valence-electron chi connectivity index (χ4n) is 6.01. The molecule has 0 radical (unpaired) electrons. The lowest BCUT2D eigenvalue weighted by Gasteiger charge is -2.42. The molecule has 3 atom stereocenters. The molecule has 0 spiro atoms. The fourth-order valence-corrected chi connectivity index (χ4v) is 6.01. The molecule has 0 bridgehead atoms. The first-order valence-electron chi connectivity index (χ1n) is 12.5. The van der Waals surface area contributed by atoms with Crippen molar-refractivity contribution in [3.8, 4) is 0 Å². The number of amides is 1. The number of piperidine rings is 1. The van der Waals surface area contributed by atoms with Crippen LogP contribution in [-0.2, 0) is 4.79 Å². The Hall–Kier alpha value is -2.69. The second kappa shape index (κ2) is 9.66. The molecule has 4 heteroatoms. The molecule has 1 saturated heterocycles. The van der Waals surface area contributed by atoms with E-state index in [-0.39, 0.29) is 18.0 Å². The summed E-state index contributed by atoms with van der Waals surface area (Å²) in [5.41, 5.74) is 14.1. The first-order valence-corrected chi connectivity index (χ1v) is 12.5. The maximum Gasteiger partial charge on any atom is 0.225 e. The van der Waals surface area contributed by atoms with Gasteiger partial charge in [-0.1, -0.05) is 79.1 Å². The minimum atomic E-state index is -0.290. The van der Waals surface area contributed by atoms with Crippen LogP contribution in [-0.4, -0.2) is 36.1 Å². The van der Waals surface area contributed by atoms with Gasteiger partial charge in [-0.2, -0.15) is 0 Å². The van der Waals surface area contributed by atoms with Gasteiger partial charge in [0.1, 0.15) is 0 Å². The number of carbonyl (C=O) groups is 1. The molecule has 2 aromatic rings. The Morgan fingerprint density at radius 2 is 1.52 bits per heavy atom. The van der Waals surface area contributed by atoms with Crippen molar-refractivity contribution in [2.45, 2.75) is 57.7 Å². The van der Waals surface area contributed by atoms with Gasteiger partial charge in [-0.3, -0.25) is 9.69 Å². The molecule has 3 unspecified atom stereocenters. The third kappa shape index (κ3) is 4.55. The number of rotatable bonds is 3. The largest absolute Gasteiger partial charge is 0.341 e. The Labute approximate surface area is 197 Å². The van der Waals surface area contributed by atoms with E-state index in [1.807, 2.05) is 6.92 Å². The standard InChI is InChI=1S/C29H35N3O/c1-20(30)31-29(33)26-12-6-7-13-27(26)32-18-16-23(17-19-32)28-24-10-4-2-8-21(24)14-15-22-9-3-5-11-25(22)28/h2-5,8-11,14-15,20,26-27H,6-7,12-13,16-19,30H2,1H3,(H,31,33). The minimum absolute atomic E-state index is 0.0579. The number of nitrogens with two attached hydrogens (primary N) is 1. The van der Waals surface area contributed by atoms with Gasteiger partial charge in [-0.15, -0.1) is 0 Å². The molecule has 0 aromatic heterocycles. The minimum Gasteiger partial charge on any atom is -0.341 e. The summed E-state index contributed by atoms with van der Waals surface area (Å²) >= 11 is 0. The monoisotopic (exact) mass is 441 g/mol. The molecule has 2 aliphatic carbocycles. The number of hydrogen-bond donors (Lipinski definition) is 2. The van der Waals surface area contributed by atoms with Gasteiger partial charge in [0.25, 0.3) is 0 Å². The first-order chi connectivity index (χ1) is 16.1. The smallest absolute Gasteiger partial charge is 0.225 e. The number of fused-ring (bicyclic) bond motifs is 2. The number of nitrogens with one attached hydrogen (secondary N) is 1. The van der Waals surface area contributed by atoms with Crippen molar-refractivity contribution in [2.75, 3.05) is 13.1 Å². The summed E-state index contributed by atoms with van der Waals surface area (Å²) < 4.78 is 0. The Kier molecular flexibility index (Phi) is 6.48. The van der Waals surface area contributed by atoms with E-state index in [2.05, 4.69) is 70.9 Å². The average molecular weight is 442 g/mol. The van der Waals surface area contributed by atoms with Crippen LogP contribution >= 0.6 is 0 Å². The number of nitrogens with zero attached hydrogens (tertiary/aromatic N) is 1. The zero-order chi connectivity index (χ0) is 22.8. The van der Waals surface area contributed by atoms with E-state index in [1.165, 1.54) is 34.2 Å². The molecular formula is C29H35N3O. The highest BCUT2D eigenvalue weighted by Crippen LogP contribution is 2.40. The van der Waals surface area contributed by atoms with Crippen LogP contribution < -0.4 is 11.1 Å². The lowest BCUT2D eigenvalue weighted by molar-refractivity contribution is -0.129. The van der Waals surface area contributed by atoms with Crippen molar-refractivity contribution in [1.29, 1.82) is 0 Å². The van der Waals surface area contributed by atoms with Gasteiger partial charge in [-0.05, 0) is 60.4 Å². The number of hydrogen-bond acceptors (Lipinski definition) is 3. The molecule has 4 nitrogen and oxygen atoms in total. The van der Waals surface area contributed by atoms with Crippen molar-refractivity contribution in [2.24, 2.45) is 11.7 Å². The molecule has 1 amide bonds. The van der Waals surface area contributed by atoms with Gasteiger partial charge in [0.15, 0.2) is 0 Å². The maximum atomic E-state index is 12.9. The summed E-state index contributed by atoms with van der Waals surface area (Å²) in [7, 11) is 0. The molecule has 5 rings (SSSR count). The molecule has 1 saturated carbocycles. The summed E-state index contributed by atoms with van der Waals surface area (Å²) in [5.74, 6) is 0.194. The van der Waals surface area contributed by atoms with E-state index in [0.717, 1.165) is 45.2 Å². The molecule has 172 valence electrons. The number of carbonyl (C=O) groups excluding carboxylic acids is 1. The van der Waals surface area contributed by atoms with Crippen LogP contribution in [0, 0.1) is 5.92 Å². The summed E-state index contributed by atoms with van der Waals surface area (Å²) in [5, 5.41) is 2.97. The zero-order valence-electron chi connectivity index (χ0n) is 19.6. The molecule has 2 aromatic carbocycles. The van der Waals surface area contributed by atoms with Crippen LogP contribution in [0.1, 0.15) is 67.7 Å². The SMILES string of the molecule is CC(N)NC(=O)C1CCCCC1N1CCC(=C2c3ccccc3C=Cc3ccccc32)CC1. The third-order valence-corrected chi connectivity index (χ3v) is 7.56. The Morgan fingerprint density at radius 3 is 2.12 bits per heavy atom. The van der Waals surface area contributed by atoms with Gasteiger partial charge in [-0.25, -0.2) is 0 Å². The summed E-state index contributed by atoms with van der Waals surface area (Å²) in [6.45, 7) is 3.87. The predicted octanol–water partition coefficient (Wildman–Crippen LogP) is 5.05. The normalized spacial score (nSPS) is 23.9. The Bertz CT molecular complexity index is 1020. The van der Waals surface area contributed by atoms with E-state index in [0.29, 0.717) is 6.04 Å². The van der Waals surface area contributed by atoms with E-state index < -0.39 is 0 Å². The van der Waals surface area contributed by atoms with Crippen molar-refractivity contribution in [3.63, 3.8) is 0 Å². The quantitative estimate of drug-likeness (QED) is 0.560. The van der Waals surface area contributed by atoms with E-state index in [1.54, 1.807) is 5.57 Å². The molecule has 33 heavy (non-hydrogen) atoms. The van der Waals surface area contributed by atoms with Crippen molar-refractivity contribution in [1.82, 2.24) is 10.2 Å². The fraction of sp³-hybridized carbons (Fsp3) is 0.414. The topological polar surface area (TPSA) is 58.4 Å². The van der Waals surface area contributed by atoms with Crippen molar-refractivity contribution >= 4 is 23.6 Å². The van der Waals surface area contributed by atoms with Crippen LogP contribution in [0.4, 0.5) is 0 Å². The highest BCUT2D eigenvalue weighted by atomic mass is 16.2. The lowest BCUT2D eigenvalue weighted by Crippen LogP contribution is -2.52. The lowest BCUT2D eigenvalue weighted by atomic mass is 9.81. The van der Waals surface area contributed by atoms with Crippen LogP contribution in [0.5, 0.6) is 0 Å². The average Bonchev–Trinajstić information content (AvgIpc) is 3.01. The molecule has 2 fully saturated rings. The number of likely N-dealkylation sites (tertiary alicyclic amines) is 1. The van der Waals surface area contributed by atoms with Gasteiger partial charge in [0, 0.05) is 19.1 Å². The molecular weight excluding hydrogens is 406 g/mol. The second-order valence-corrected chi connectivity index (χ2v) is 9.78. The van der Waals surface area contributed by atoms with E-state index >= 15 is 0 Å². The van der Waals surface area contributed by atoms with Gasteiger partial charge >= 0.3 is 0 Å². The summed E-state index contributed by atoms with van der Waals surface area (Å²) in [6, 6.07) is 17.9. The van der Waals surface area contributed by atoms with Crippen molar-refractivity contribution in [3.05, 3.63) is 76.4 Å². The zero-order valence-corrected chi connectivity index (χ0v) is 19.6. The van der Waals surface area contributed by atoms with Crippen LogP contribution in [0.2, 0.25) is 0 Å². The Morgan fingerprint density at radius 1 is 0.939 bits per heavy atom. The third-order valence-electron chi connectivity index (χ3n) is 7.56. The Balaban J connectivity index is 1.42. The second-order valence-electron chi connectivity index (χ2n) is 9.78. The molecule has 3 N–H and O–H groups in total. The maximum absolute atomic E-state index is 12.9. The molecule has 1 heterocycles. The van der Waals surface area contributed by atoms with E-state index in [4.69, 9.17) is 5.73 Å². The van der Waals surface area contributed by atoms with Crippen LogP contribution in [0.3, 0.4) is 0 Å². The first kappa shape index (κ1) is 22.1. The van der Waals surface area contributed by atoms with E-state index in [9.17, 15) is 4.79 Å². The molecule has 3 aliphatic rings. The van der Waals surface area contributed by atoms with Gasteiger partial charge in [0.05, 0.1) is 12.1 Å².